The lowest BCUT2D eigenvalue weighted by atomic mass is 9.78. The SMILES string of the molecule is CCC1=C(C(=O)OC)C(c2ccccc2C(F)(F)F)C(C(=O)O)=C(C)N1. The van der Waals surface area contributed by atoms with Crippen LogP contribution >= 0.6 is 0 Å². The number of hydrogen-bond acceptors (Lipinski definition) is 4. The van der Waals surface area contributed by atoms with E-state index >= 15 is 0 Å². The topological polar surface area (TPSA) is 75.6 Å². The highest BCUT2D eigenvalue weighted by molar-refractivity contribution is 5.99. The van der Waals surface area contributed by atoms with Crippen molar-refractivity contribution in [2.45, 2.75) is 32.4 Å². The summed E-state index contributed by atoms with van der Waals surface area (Å²) in [7, 11) is 1.10. The van der Waals surface area contributed by atoms with Crippen molar-refractivity contribution in [3.8, 4) is 0 Å². The number of esters is 1. The molecule has 0 aromatic heterocycles. The van der Waals surface area contributed by atoms with Crippen molar-refractivity contribution in [3.63, 3.8) is 0 Å². The van der Waals surface area contributed by atoms with Gasteiger partial charge in [-0.2, -0.15) is 13.2 Å². The molecule has 2 rings (SSSR count). The first kappa shape index (κ1) is 19.6. The van der Waals surface area contributed by atoms with E-state index in [4.69, 9.17) is 4.74 Å². The van der Waals surface area contributed by atoms with Crippen LogP contribution in [0.1, 0.15) is 37.3 Å². The Labute approximate surface area is 148 Å². The molecular formula is C18H18F3NO4. The van der Waals surface area contributed by atoms with Crippen LogP contribution in [0.25, 0.3) is 0 Å². The molecule has 0 bridgehead atoms. The molecule has 0 saturated carbocycles. The molecule has 5 nitrogen and oxygen atoms in total. The van der Waals surface area contributed by atoms with Crippen LogP contribution < -0.4 is 5.32 Å². The number of carboxylic acids is 1. The van der Waals surface area contributed by atoms with Gasteiger partial charge >= 0.3 is 18.1 Å². The molecule has 1 unspecified atom stereocenters. The number of halogens is 3. The van der Waals surface area contributed by atoms with E-state index < -0.39 is 29.6 Å². The summed E-state index contributed by atoms with van der Waals surface area (Å²) < 4.78 is 45.2. The van der Waals surface area contributed by atoms with Crippen LogP contribution in [-0.4, -0.2) is 24.2 Å². The summed E-state index contributed by atoms with van der Waals surface area (Å²) in [5.41, 5.74) is -1.22. The van der Waals surface area contributed by atoms with Crippen molar-refractivity contribution in [1.29, 1.82) is 0 Å². The molecule has 0 fully saturated rings. The molecule has 1 atom stereocenters. The standard InChI is InChI=1S/C18H18F3NO4/c1-4-12-15(17(25)26-3)14(13(16(23)24)9(2)22-12)10-7-5-6-8-11(10)18(19,20)21/h5-8,14,22H,4H2,1-3H3,(H,23,24). The lowest BCUT2D eigenvalue weighted by Crippen LogP contribution is -2.33. The van der Waals surface area contributed by atoms with Crippen LogP contribution in [0.2, 0.25) is 0 Å². The summed E-state index contributed by atoms with van der Waals surface area (Å²) in [6, 6.07) is 4.65. The summed E-state index contributed by atoms with van der Waals surface area (Å²) in [5.74, 6) is -3.68. The van der Waals surface area contributed by atoms with E-state index in [-0.39, 0.29) is 22.4 Å². The zero-order chi connectivity index (χ0) is 19.6. The predicted octanol–water partition coefficient (Wildman–Crippen LogP) is 3.59. The van der Waals surface area contributed by atoms with E-state index in [9.17, 15) is 27.9 Å². The van der Waals surface area contributed by atoms with Gasteiger partial charge in [-0.05, 0) is 25.0 Å². The van der Waals surface area contributed by atoms with Crippen molar-refractivity contribution < 1.29 is 32.6 Å². The number of ether oxygens (including phenoxy) is 1. The number of carboxylic acid groups (broad SMARTS) is 1. The minimum absolute atomic E-state index is 0.130. The Morgan fingerprint density at radius 1 is 1.23 bits per heavy atom. The first-order chi connectivity index (χ1) is 12.1. The molecule has 1 aromatic carbocycles. The molecular weight excluding hydrogens is 351 g/mol. The number of dihydropyridines is 1. The summed E-state index contributed by atoms with van der Waals surface area (Å²) in [5, 5.41) is 12.4. The molecule has 8 heteroatoms. The van der Waals surface area contributed by atoms with Crippen LogP contribution in [-0.2, 0) is 20.5 Å². The predicted molar refractivity (Wildman–Crippen MR) is 87.0 cm³/mol. The Morgan fingerprint density at radius 3 is 2.35 bits per heavy atom. The Hall–Kier alpha value is -2.77. The van der Waals surface area contributed by atoms with Crippen LogP contribution in [0.15, 0.2) is 46.8 Å². The molecule has 0 radical (unpaired) electrons. The molecule has 0 spiro atoms. The molecule has 26 heavy (non-hydrogen) atoms. The third-order valence-electron chi connectivity index (χ3n) is 4.21. The monoisotopic (exact) mass is 369 g/mol. The smallest absolute Gasteiger partial charge is 0.416 e. The normalized spacial score (nSPS) is 17.8. The minimum atomic E-state index is -4.70. The highest BCUT2D eigenvalue weighted by Gasteiger charge is 2.42. The van der Waals surface area contributed by atoms with E-state index in [0.29, 0.717) is 12.1 Å². The van der Waals surface area contributed by atoms with Crippen molar-refractivity contribution in [1.82, 2.24) is 5.32 Å². The Balaban J connectivity index is 2.86. The fourth-order valence-corrected chi connectivity index (χ4v) is 3.13. The largest absolute Gasteiger partial charge is 0.478 e. The lowest BCUT2D eigenvalue weighted by molar-refractivity contribution is -0.140. The summed E-state index contributed by atoms with van der Waals surface area (Å²) >= 11 is 0. The lowest BCUT2D eigenvalue weighted by Gasteiger charge is -2.31. The Morgan fingerprint density at radius 2 is 1.85 bits per heavy atom. The number of methoxy groups -OCH3 is 1. The van der Waals surface area contributed by atoms with Crippen molar-refractivity contribution in [3.05, 3.63) is 57.9 Å². The molecule has 0 saturated heterocycles. The van der Waals surface area contributed by atoms with Gasteiger partial charge < -0.3 is 15.2 Å². The number of benzene rings is 1. The number of rotatable bonds is 4. The number of nitrogens with one attached hydrogen (secondary N) is 1. The van der Waals surface area contributed by atoms with Crippen molar-refractivity contribution in [2.75, 3.05) is 7.11 Å². The summed E-state index contributed by atoms with van der Waals surface area (Å²) in [6.07, 6.45) is -4.41. The van der Waals surface area contributed by atoms with Gasteiger partial charge in [0.2, 0.25) is 0 Å². The number of carbonyl (C=O) groups excluding carboxylic acids is 1. The number of hydrogen-bond donors (Lipinski definition) is 2. The maximum atomic E-state index is 13.5. The number of alkyl halides is 3. The molecule has 1 heterocycles. The molecule has 140 valence electrons. The van der Waals surface area contributed by atoms with Crippen LogP contribution in [0.5, 0.6) is 0 Å². The van der Waals surface area contributed by atoms with Gasteiger partial charge in [0.05, 0.1) is 29.7 Å². The van der Waals surface area contributed by atoms with Crippen molar-refractivity contribution >= 4 is 11.9 Å². The quantitative estimate of drug-likeness (QED) is 0.794. The van der Waals surface area contributed by atoms with Gasteiger partial charge in [0.25, 0.3) is 0 Å². The highest BCUT2D eigenvalue weighted by atomic mass is 19.4. The average Bonchev–Trinajstić information content (AvgIpc) is 2.58. The second-order valence-electron chi connectivity index (χ2n) is 5.72. The second-order valence-corrected chi connectivity index (χ2v) is 5.72. The third kappa shape index (κ3) is 3.44. The molecule has 2 N–H and O–H groups in total. The highest BCUT2D eigenvalue weighted by Crippen LogP contribution is 2.44. The zero-order valence-electron chi connectivity index (χ0n) is 14.4. The number of aliphatic carboxylic acids is 1. The molecule has 1 aliphatic rings. The zero-order valence-corrected chi connectivity index (χ0v) is 14.4. The van der Waals surface area contributed by atoms with E-state index in [1.165, 1.54) is 25.1 Å². The summed E-state index contributed by atoms with van der Waals surface area (Å²) in [6.45, 7) is 3.16. The van der Waals surface area contributed by atoms with E-state index in [2.05, 4.69) is 5.32 Å². The van der Waals surface area contributed by atoms with Gasteiger partial charge in [-0.25, -0.2) is 9.59 Å². The molecule has 0 amide bonds. The van der Waals surface area contributed by atoms with Crippen LogP contribution in [0.4, 0.5) is 13.2 Å². The van der Waals surface area contributed by atoms with Gasteiger partial charge in [0.1, 0.15) is 0 Å². The van der Waals surface area contributed by atoms with Gasteiger partial charge in [-0.3, -0.25) is 0 Å². The van der Waals surface area contributed by atoms with E-state index in [1.807, 2.05) is 0 Å². The van der Waals surface area contributed by atoms with Crippen molar-refractivity contribution in [2.24, 2.45) is 0 Å². The fourth-order valence-electron chi connectivity index (χ4n) is 3.13. The molecule has 0 aliphatic carbocycles. The minimum Gasteiger partial charge on any atom is -0.478 e. The maximum Gasteiger partial charge on any atom is 0.416 e. The Bertz CT molecular complexity index is 809. The second kappa shape index (κ2) is 7.23. The van der Waals surface area contributed by atoms with Gasteiger partial charge in [0.15, 0.2) is 0 Å². The molecule has 1 aliphatic heterocycles. The van der Waals surface area contributed by atoms with E-state index in [0.717, 1.165) is 13.2 Å². The summed E-state index contributed by atoms with van der Waals surface area (Å²) in [4.78, 5) is 24.1. The average molecular weight is 369 g/mol. The number of carbonyl (C=O) groups is 2. The van der Waals surface area contributed by atoms with Gasteiger partial charge in [-0.1, -0.05) is 25.1 Å². The van der Waals surface area contributed by atoms with Gasteiger partial charge in [-0.15, -0.1) is 0 Å². The maximum absolute atomic E-state index is 13.5. The van der Waals surface area contributed by atoms with Crippen LogP contribution in [0, 0.1) is 0 Å². The first-order valence-corrected chi connectivity index (χ1v) is 7.82. The fraction of sp³-hybridized carbons (Fsp3) is 0.333. The first-order valence-electron chi connectivity index (χ1n) is 7.82. The van der Waals surface area contributed by atoms with E-state index in [1.54, 1.807) is 6.92 Å². The number of allylic oxidation sites excluding steroid dienone is 2. The molecule has 1 aromatic rings. The van der Waals surface area contributed by atoms with Gasteiger partial charge in [0, 0.05) is 11.4 Å². The Kier molecular flexibility index (Phi) is 5.44. The third-order valence-corrected chi connectivity index (χ3v) is 4.21. The van der Waals surface area contributed by atoms with Crippen LogP contribution in [0.3, 0.4) is 0 Å².